The van der Waals surface area contributed by atoms with Crippen molar-refractivity contribution in [1.82, 2.24) is 20.6 Å². The Kier molecular flexibility index (Phi) is 24.7. The lowest BCUT2D eigenvalue weighted by molar-refractivity contribution is -0.378. The summed E-state index contributed by atoms with van der Waals surface area (Å²) in [6.45, 7) is 9.77. The number of nitrogens with one attached hydrogen (secondary N) is 2. The number of phenolic OH excluding ortho intramolecular Hbond substituents is 1. The molecule has 1 fully saturated rings. The van der Waals surface area contributed by atoms with E-state index in [1.54, 1.807) is 33.2 Å². The van der Waals surface area contributed by atoms with Crippen molar-refractivity contribution in [3.05, 3.63) is 100 Å². The van der Waals surface area contributed by atoms with E-state index >= 15 is 14.4 Å². The molecule has 9 atom stereocenters. The monoisotopic (exact) mass is 1000 g/mol. The standard InChI is InChI=1S/C56H86N6O10/c1-8-9-10-11-12-13-14-15-16-21-30-56(51(66)50(65)49(64)40(5)71-56)72-60-46(25-20-22-31-57)55(70)62(53(68)45(58)34-42-26-28-43(63)29-27-42)48(36-44-38(3)32-37(2)33-39(44)4)52(67)59-47(54(69)61(6)7)35-41-23-18-17-19-24-41/h17-19,23-24,26-29,32-33,40,45-51,60,63-66H,8-16,20-22,25,30-31,34-36,57-58H2,1-7H3,(H,59,67)/t40-,45+,46-,47+,48+,49-,50+,51-,56+/m1/s1. The number of aryl methyl sites for hydroxylation is 3. The van der Waals surface area contributed by atoms with Crippen LogP contribution in [-0.2, 0) is 48.0 Å². The highest BCUT2D eigenvalue weighted by molar-refractivity contribution is 6.04. The molecule has 0 saturated carbocycles. The summed E-state index contributed by atoms with van der Waals surface area (Å²) in [5.74, 6) is -4.89. The molecular weight excluding hydrogens is 917 g/mol. The zero-order chi connectivity index (χ0) is 53.0. The molecule has 0 spiro atoms. The maximum absolute atomic E-state index is 15.7. The molecule has 1 aliphatic heterocycles. The highest BCUT2D eigenvalue weighted by Crippen LogP contribution is 2.36. The number of likely N-dealkylation sites (N-methyl/N-ethyl adjacent to an activating group) is 1. The Morgan fingerprint density at radius 3 is 1.90 bits per heavy atom. The zero-order valence-electron chi connectivity index (χ0n) is 44.0. The number of hydrogen-bond donors (Lipinski definition) is 8. The van der Waals surface area contributed by atoms with Crippen molar-refractivity contribution in [2.75, 3.05) is 20.6 Å². The van der Waals surface area contributed by atoms with Crippen LogP contribution in [0.3, 0.4) is 0 Å². The van der Waals surface area contributed by atoms with Gasteiger partial charge in [0.2, 0.25) is 29.4 Å². The lowest BCUT2D eigenvalue weighted by Gasteiger charge is -2.48. The number of unbranched alkanes of at least 4 members (excludes halogenated alkanes) is 10. The molecule has 3 aromatic rings. The number of benzene rings is 3. The van der Waals surface area contributed by atoms with Crippen molar-refractivity contribution >= 4 is 23.6 Å². The van der Waals surface area contributed by atoms with Gasteiger partial charge in [-0.25, -0.2) is 0 Å². The summed E-state index contributed by atoms with van der Waals surface area (Å²) in [7, 11) is 3.16. The van der Waals surface area contributed by atoms with Gasteiger partial charge in [-0.05, 0) is 99.9 Å². The summed E-state index contributed by atoms with van der Waals surface area (Å²) < 4.78 is 6.27. The van der Waals surface area contributed by atoms with Crippen molar-refractivity contribution in [2.24, 2.45) is 11.5 Å². The number of hydrogen-bond acceptors (Lipinski definition) is 13. The molecule has 10 N–H and O–H groups in total. The fourth-order valence-electron chi connectivity index (χ4n) is 9.67. The molecule has 1 heterocycles. The number of rotatable bonds is 30. The van der Waals surface area contributed by atoms with E-state index in [-0.39, 0.29) is 44.4 Å². The van der Waals surface area contributed by atoms with Crippen molar-refractivity contribution in [1.29, 1.82) is 0 Å². The molecule has 4 rings (SSSR count). The van der Waals surface area contributed by atoms with Crippen LogP contribution < -0.4 is 22.3 Å². The first-order valence-electron chi connectivity index (χ1n) is 26.2. The lowest BCUT2D eigenvalue weighted by Crippen LogP contribution is -2.67. The molecule has 1 saturated heterocycles. The van der Waals surface area contributed by atoms with E-state index in [0.29, 0.717) is 30.4 Å². The van der Waals surface area contributed by atoms with Gasteiger partial charge in [-0.3, -0.25) is 28.9 Å². The number of aliphatic hydroxyl groups excluding tert-OH is 3. The van der Waals surface area contributed by atoms with E-state index in [2.05, 4.69) is 17.7 Å². The third kappa shape index (κ3) is 17.4. The Morgan fingerprint density at radius 2 is 1.32 bits per heavy atom. The smallest absolute Gasteiger partial charge is 0.249 e. The minimum Gasteiger partial charge on any atom is -0.508 e. The fourth-order valence-corrected chi connectivity index (χ4v) is 9.67. The molecule has 0 unspecified atom stereocenters. The molecule has 3 aromatic carbocycles. The Labute approximate surface area is 428 Å². The molecule has 16 nitrogen and oxygen atoms in total. The number of nitrogens with zero attached hydrogens (tertiary/aromatic N) is 2. The number of aromatic hydroxyl groups is 1. The summed E-state index contributed by atoms with van der Waals surface area (Å²) >= 11 is 0. The van der Waals surface area contributed by atoms with Crippen LogP contribution in [0.2, 0.25) is 0 Å². The van der Waals surface area contributed by atoms with Crippen LogP contribution in [0.1, 0.15) is 137 Å². The summed E-state index contributed by atoms with van der Waals surface area (Å²) in [5, 5.41) is 46.6. The molecule has 16 heteroatoms. The second-order valence-corrected chi connectivity index (χ2v) is 20.2. The number of hydroxylamine groups is 1. The Hall–Kier alpha value is -4.78. The van der Waals surface area contributed by atoms with Gasteiger partial charge in [-0.2, -0.15) is 5.48 Å². The van der Waals surface area contributed by atoms with Gasteiger partial charge in [0.1, 0.15) is 42.2 Å². The third-order valence-electron chi connectivity index (χ3n) is 13.9. The van der Waals surface area contributed by atoms with Crippen LogP contribution in [0.4, 0.5) is 0 Å². The second kappa shape index (κ2) is 29.8. The van der Waals surface area contributed by atoms with Gasteiger partial charge in [-0.15, -0.1) is 0 Å². The van der Waals surface area contributed by atoms with Crippen LogP contribution in [-0.4, -0.2) is 129 Å². The number of carbonyl (C=O) groups is 4. The largest absolute Gasteiger partial charge is 0.508 e. The van der Waals surface area contributed by atoms with Gasteiger partial charge in [-0.1, -0.05) is 131 Å². The van der Waals surface area contributed by atoms with Crippen molar-refractivity contribution < 1.29 is 49.2 Å². The van der Waals surface area contributed by atoms with Crippen LogP contribution >= 0.6 is 0 Å². The SMILES string of the molecule is CCCCCCCCCCCC[C@@]1(ON[C@H](CCCCN)C(=O)N(C(=O)[C@@H](N)Cc2ccc(O)cc2)[C@@H](Cc2c(C)cc(C)cc2C)C(=O)N[C@@H](Cc2ccccc2)C(=O)N(C)C)O[C@H](C)[C@@H](O)[C@H](O)[C@H]1O. The van der Waals surface area contributed by atoms with Crippen LogP contribution in [0.15, 0.2) is 66.7 Å². The highest BCUT2D eigenvalue weighted by Gasteiger charge is 2.54. The first-order valence-corrected chi connectivity index (χ1v) is 26.2. The van der Waals surface area contributed by atoms with E-state index in [9.17, 15) is 25.2 Å². The average molecular weight is 1000 g/mol. The number of aliphatic hydroxyl groups is 3. The van der Waals surface area contributed by atoms with Gasteiger partial charge in [0, 0.05) is 33.4 Å². The van der Waals surface area contributed by atoms with Gasteiger partial charge < -0.3 is 46.8 Å². The Morgan fingerprint density at radius 1 is 0.736 bits per heavy atom. The number of nitrogens with two attached hydrogens (primary N) is 2. The summed E-state index contributed by atoms with van der Waals surface area (Å²) in [4.78, 5) is 68.9. The maximum Gasteiger partial charge on any atom is 0.249 e. The number of phenols is 1. The van der Waals surface area contributed by atoms with Crippen LogP contribution in [0, 0.1) is 20.8 Å². The molecule has 72 heavy (non-hydrogen) atoms. The summed E-state index contributed by atoms with van der Waals surface area (Å²) in [5.41, 5.74) is 20.3. The minimum atomic E-state index is -1.95. The minimum absolute atomic E-state index is 0.00849. The Balaban J connectivity index is 1.82. The predicted molar refractivity (Wildman–Crippen MR) is 279 cm³/mol. The normalized spacial score (nSPS) is 20.6. The number of imide groups is 1. The number of carbonyl (C=O) groups excluding carboxylic acids is 4. The van der Waals surface area contributed by atoms with Crippen molar-refractivity contribution in [3.63, 3.8) is 0 Å². The molecule has 0 aromatic heterocycles. The summed E-state index contributed by atoms with van der Waals surface area (Å²) in [6.07, 6.45) is 5.35. The topological polar surface area (TPSA) is 250 Å². The predicted octanol–water partition coefficient (Wildman–Crippen LogP) is 5.50. The van der Waals surface area contributed by atoms with E-state index in [1.807, 2.05) is 63.2 Å². The summed E-state index contributed by atoms with van der Waals surface area (Å²) in [6, 6.07) is 13.8. The van der Waals surface area contributed by atoms with Gasteiger partial charge >= 0.3 is 0 Å². The van der Waals surface area contributed by atoms with Crippen molar-refractivity contribution in [3.8, 4) is 5.75 Å². The molecular formula is C56H86N6O10. The molecule has 0 bridgehead atoms. The van der Waals surface area contributed by atoms with E-state index in [1.165, 1.54) is 42.7 Å². The first kappa shape index (κ1) is 59.8. The van der Waals surface area contributed by atoms with Crippen molar-refractivity contribution in [2.45, 2.75) is 198 Å². The Bertz CT molecular complexity index is 2120. The molecule has 0 aliphatic carbocycles. The van der Waals surface area contributed by atoms with E-state index in [4.69, 9.17) is 21.0 Å². The van der Waals surface area contributed by atoms with Crippen LogP contribution in [0.25, 0.3) is 0 Å². The number of ether oxygens (including phenoxy) is 1. The van der Waals surface area contributed by atoms with E-state index < -0.39 is 78.0 Å². The van der Waals surface area contributed by atoms with Crippen LogP contribution in [0.5, 0.6) is 5.75 Å². The van der Waals surface area contributed by atoms with Gasteiger partial charge in [0.15, 0.2) is 0 Å². The van der Waals surface area contributed by atoms with Gasteiger partial charge in [0.05, 0.1) is 12.1 Å². The molecule has 1 aliphatic rings. The quantitative estimate of drug-likeness (QED) is 0.0304. The fraction of sp³-hybridized carbons (Fsp3) is 0.607. The average Bonchev–Trinajstić information content (AvgIpc) is 3.35. The lowest BCUT2D eigenvalue weighted by atomic mass is 9.89. The number of amides is 4. The third-order valence-corrected chi connectivity index (χ3v) is 13.9. The first-order chi connectivity index (χ1) is 34.3. The molecule has 400 valence electrons. The van der Waals surface area contributed by atoms with Gasteiger partial charge in [0.25, 0.3) is 0 Å². The highest BCUT2D eigenvalue weighted by atomic mass is 16.8. The molecule has 4 amide bonds. The van der Waals surface area contributed by atoms with E-state index in [0.717, 1.165) is 59.3 Å². The zero-order valence-corrected chi connectivity index (χ0v) is 44.0. The second-order valence-electron chi connectivity index (χ2n) is 20.2. The molecule has 0 radical (unpaired) electrons. The maximum atomic E-state index is 15.7.